The number of nitrogen functional groups attached to an aromatic ring is 1. The molecule has 3 heterocycles. The average Bonchev–Trinajstić information content (AvgIpc) is 3.09. The number of thiazole rings is 1. The van der Waals surface area contributed by atoms with Gasteiger partial charge in [0.05, 0.1) is 23.0 Å². The summed E-state index contributed by atoms with van der Waals surface area (Å²) in [7, 11) is 0. The van der Waals surface area contributed by atoms with Gasteiger partial charge in [0, 0.05) is 31.6 Å². The normalized spacial score (nSPS) is 17.8. The maximum absolute atomic E-state index is 6.03. The van der Waals surface area contributed by atoms with E-state index in [0.717, 1.165) is 52.5 Å². The van der Waals surface area contributed by atoms with Crippen LogP contribution >= 0.6 is 22.9 Å². The molecule has 8 heteroatoms. The number of nitrogens with two attached hydrogens (primary N) is 1. The van der Waals surface area contributed by atoms with Crippen molar-refractivity contribution < 1.29 is 4.74 Å². The lowest BCUT2D eigenvalue weighted by atomic mass is 10.0. The maximum atomic E-state index is 6.03. The van der Waals surface area contributed by atoms with E-state index in [0.29, 0.717) is 18.5 Å². The van der Waals surface area contributed by atoms with E-state index in [9.17, 15) is 0 Å². The molecule has 0 spiro atoms. The Morgan fingerprint density at radius 3 is 3.00 bits per heavy atom. The summed E-state index contributed by atoms with van der Waals surface area (Å²) in [6.45, 7) is 4.12. The molecule has 1 aliphatic heterocycles. The smallest absolute Gasteiger partial charge is 0.222 e. The van der Waals surface area contributed by atoms with Crippen LogP contribution in [0.15, 0.2) is 6.07 Å². The summed E-state index contributed by atoms with van der Waals surface area (Å²) in [5, 5.41) is 4.29. The molecule has 1 fully saturated rings. The molecule has 1 saturated heterocycles. The molecule has 6 nitrogen and oxygen atoms in total. The Bertz CT molecular complexity index is 637. The zero-order valence-corrected chi connectivity index (χ0v) is 13.9. The zero-order chi connectivity index (χ0) is 15.5. The van der Waals surface area contributed by atoms with Gasteiger partial charge in [-0.1, -0.05) is 11.6 Å². The molecule has 1 aliphatic rings. The fourth-order valence-electron chi connectivity index (χ4n) is 2.39. The average molecular weight is 340 g/mol. The lowest BCUT2D eigenvalue weighted by Crippen LogP contribution is -2.11. The Hall–Kier alpha value is -1.44. The minimum absolute atomic E-state index is 0.292. The topological polar surface area (TPSA) is 86.0 Å². The van der Waals surface area contributed by atoms with Crippen LogP contribution in [-0.2, 0) is 11.2 Å². The van der Waals surface area contributed by atoms with E-state index in [-0.39, 0.29) is 0 Å². The summed E-state index contributed by atoms with van der Waals surface area (Å²) in [5.41, 5.74) is 7.63. The molecule has 0 saturated carbocycles. The van der Waals surface area contributed by atoms with Crippen LogP contribution in [-0.4, -0.2) is 34.7 Å². The number of hydrogen-bond donors (Lipinski definition) is 2. The SMILES string of the molecule is Cc1nc(CCNc2cc([C@H]3CCOC3)nc(N)n2)sc1Cl. The molecule has 1 atom stereocenters. The summed E-state index contributed by atoms with van der Waals surface area (Å²) in [5.74, 6) is 1.35. The highest BCUT2D eigenvalue weighted by molar-refractivity contribution is 7.16. The van der Waals surface area contributed by atoms with E-state index in [2.05, 4.69) is 20.3 Å². The van der Waals surface area contributed by atoms with Gasteiger partial charge >= 0.3 is 0 Å². The van der Waals surface area contributed by atoms with E-state index >= 15 is 0 Å². The zero-order valence-electron chi connectivity index (χ0n) is 12.3. The van der Waals surface area contributed by atoms with Crippen LogP contribution in [0.25, 0.3) is 0 Å². The third-order valence-corrected chi connectivity index (χ3v) is 5.05. The van der Waals surface area contributed by atoms with Crippen LogP contribution in [0.4, 0.5) is 11.8 Å². The highest BCUT2D eigenvalue weighted by Gasteiger charge is 2.20. The molecule has 0 aliphatic carbocycles. The largest absolute Gasteiger partial charge is 0.381 e. The summed E-state index contributed by atoms with van der Waals surface area (Å²) < 4.78 is 6.16. The second kappa shape index (κ2) is 6.76. The first-order valence-electron chi connectivity index (χ1n) is 7.19. The first kappa shape index (κ1) is 15.5. The molecule has 3 rings (SSSR count). The number of hydrogen-bond acceptors (Lipinski definition) is 7. The van der Waals surface area contributed by atoms with Crippen molar-refractivity contribution in [3.8, 4) is 0 Å². The molecule has 0 radical (unpaired) electrons. The molecule has 3 N–H and O–H groups in total. The Balaban J connectivity index is 1.62. The van der Waals surface area contributed by atoms with Crippen molar-refractivity contribution in [2.24, 2.45) is 0 Å². The minimum atomic E-state index is 0.292. The van der Waals surface area contributed by atoms with E-state index in [1.54, 1.807) is 0 Å². The molecule has 0 aromatic carbocycles. The van der Waals surface area contributed by atoms with Gasteiger partial charge in [0.25, 0.3) is 0 Å². The van der Waals surface area contributed by atoms with Crippen LogP contribution in [0.2, 0.25) is 4.34 Å². The van der Waals surface area contributed by atoms with Crippen LogP contribution in [0.1, 0.15) is 28.7 Å². The fourth-order valence-corrected chi connectivity index (χ4v) is 3.48. The minimum Gasteiger partial charge on any atom is -0.381 e. The second-order valence-corrected chi connectivity index (χ2v) is 6.93. The Labute approximate surface area is 138 Å². The molecular weight excluding hydrogens is 322 g/mol. The quantitative estimate of drug-likeness (QED) is 0.871. The fraction of sp³-hybridized carbons (Fsp3) is 0.500. The number of aryl methyl sites for hydroxylation is 1. The number of anilines is 2. The molecule has 118 valence electrons. The number of rotatable bonds is 5. The Morgan fingerprint density at radius 2 is 2.32 bits per heavy atom. The summed E-state index contributed by atoms with van der Waals surface area (Å²) in [6.07, 6.45) is 1.77. The molecule has 0 bridgehead atoms. The van der Waals surface area contributed by atoms with E-state index in [4.69, 9.17) is 22.1 Å². The van der Waals surface area contributed by atoms with Gasteiger partial charge in [0.15, 0.2) is 0 Å². The summed E-state index contributed by atoms with van der Waals surface area (Å²) in [6, 6.07) is 1.95. The van der Waals surface area contributed by atoms with Gasteiger partial charge in [0.1, 0.15) is 10.2 Å². The van der Waals surface area contributed by atoms with Crippen LogP contribution in [0, 0.1) is 6.92 Å². The van der Waals surface area contributed by atoms with E-state index in [1.807, 2.05) is 13.0 Å². The van der Waals surface area contributed by atoms with E-state index in [1.165, 1.54) is 11.3 Å². The summed E-state index contributed by atoms with van der Waals surface area (Å²) in [4.78, 5) is 13.0. The molecule has 22 heavy (non-hydrogen) atoms. The highest BCUT2D eigenvalue weighted by Crippen LogP contribution is 2.26. The monoisotopic (exact) mass is 339 g/mol. The molecule has 2 aromatic rings. The van der Waals surface area contributed by atoms with Crippen LogP contribution in [0.5, 0.6) is 0 Å². The van der Waals surface area contributed by atoms with Crippen molar-refractivity contribution in [3.63, 3.8) is 0 Å². The van der Waals surface area contributed by atoms with Crippen molar-refractivity contribution in [2.75, 3.05) is 30.8 Å². The van der Waals surface area contributed by atoms with E-state index < -0.39 is 0 Å². The molecule has 0 amide bonds. The van der Waals surface area contributed by atoms with Gasteiger partial charge in [-0.15, -0.1) is 11.3 Å². The van der Waals surface area contributed by atoms with Crippen molar-refractivity contribution >= 4 is 34.7 Å². The third kappa shape index (κ3) is 3.66. The standard InChI is InChI=1S/C14H18ClN5OS/c1-8-13(15)22-12(18-8)2-4-17-11-6-10(19-14(16)20-11)9-3-5-21-7-9/h6,9H,2-5,7H2,1H3,(H3,16,17,19,20)/t9-/m0/s1. The molecular formula is C14H18ClN5OS. The number of ether oxygens (including phenoxy) is 1. The van der Waals surface area contributed by atoms with Gasteiger partial charge in [-0.05, 0) is 13.3 Å². The third-order valence-electron chi connectivity index (χ3n) is 3.54. The van der Waals surface area contributed by atoms with Crippen LogP contribution < -0.4 is 11.1 Å². The van der Waals surface area contributed by atoms with Gasteiger partial charge in [-0.25, -0.2) is 9.97 Å². The summed E-state index contributed by atoms with van der Waals surface area (Å²) >= 11 is 7.54. The van der Waals surface area contributed by atoms with Crippen molar-refractivity contribution in [3.05, 3.63) is 26.8 Å². The Kier molecular flexibility index (Phi) is 4.75. The molecule has 2 aromatic heterocycles. The van der Waals surface area contributed by atoms with Gasteiger partial charge in [-0.3, -0.25) is 0 Å². The predicted molar refractivity (Wildman–Crippen MR) is 88.7 cm³/mol. The lowest BCUT2D eigenvalue weighted by Gasteiger charge is -2.11. The first-order valence-corrected chi connectivity index (χ1v) is 8.39. The number of aromatic nitrogens is 3. The first-order chi connectivity index (χ1) is 10.6. The number of nitrogens with one attached hydrogen (secondary N) is 1. The van der Waals surface area contributed by atoms with Crippen LogP contribution in [0.3, 0.4) is 0 Å². The predicted octanol–water partition coefficient (Wildman–Crippen LogP) is 2.64. The highest BCUT2D eigenvalue weighted by atomic mass is 35.5. The molecule has 0 unspecified atom stereocenters. The Morgan fingerprint density at radius 1 is 1.45 bits per heavy atom. The second-order valence-electron chi connectivity index (χ2n) is 5.24. The number of nitrogens with zero attached hydrogens (tertiary/aromatic N) is 3. The lowest BCUT2D eigenvalue weighted by molar-refractivity contribution is 0.193. The maximum Gasteiger partial charge on any atom is 0.222 e. The van der Waals surface area contributed by atoms with Crippen molar-refractivity contribution in [1.82, 2.24) is 15.0 Å². The number of halogens is 1. The van der Waals surface area contributed by atoms with Crippen molar-refractivity contribution in [1.29, 1.82) is 0 Å². The van der Waals surface area contributed by atoms with Gasteiger partial charge in [-0.2, -0.15) is 4.98 Å². The van der Waals surface area contributed by atoms with Gasteiger partial charge in [0.2, 0.25) is 5.95 Å². The van der Waals surface area contributed by atoms with Crippen molar-refractivity contribution in [2.45, 2.75) is 25.7 Å². The van der Waals surface area contributed by atoms with Gasteiger partial charge < -0.3 is 15.8 Å².